The van der Waals surface area contributed by atoms with Crippen LogP contribution in [0.1, 0.15) is 33.6 Å². The van der Waals surface area contributed by atoms with E-state index in [0.29, 0.717) is 12.8 Å². The summed E-state index contributed by atoms with van der Waals surface area (Å²) in [5.74, 6) is 0.358. The standard InChI is InChI=1S/C11H20N2O3S/c1-4-11(3)10(14)13(8(2)12-11)9-5-6-17(15,16)7-9/h8-9,12H,4-7H2,1-3H3. The normalized spacial score (nSPS) is 41.1. The highest BCUT2D eigenvalue weighted by Gasteiger charge is 2.49. The van der Waals surface area contributed by atoms with Crippen molar-refractivity contribution >= 4 is 15.7 Å². The van der Waals surface area contributed by atoms with Crippen molar-refractivity contribution in [3.8, 4) is 0 Å². The first kappa shape index (κ1) is 12.8. The van der Waals surface area contributed by atoms with Crippen molar-refractivity contribution in [2.24, 2.45) is 0 Å². The maximum Gasteiger partial charge on any atom is 0.244 e. The summed E-state index contributed by atoms with van der Waals surface area (Å²) >= 11 is 0. The molecule has 0 bridgehead atoms. The van der Waals surface area contributed by atoms with Crippen molar-refractivity contribution in [1.29, 1.82) is 0 Å². The van der Waals surface area contributed by atoms with E-state index in [1.165, 1.54) is 0 Å². The van der Waals surface area contributed by atoms with E-state index in [2.05, 4.69) is 5.32 Å². The van der Waals surface area contributed by atoms with Gasteiger partial charge in [-0.3, -0.25) is 10.1 Å². The molecule has 2 fully saturated rings. The van der Waals surface area contributed by atoms with E-state index in [0.717, 1.165) is 0 Å². The molecule has 98 valence electrons. The van der Waals surface area contributed by atoms with E-state index < -0.39 is 15.4 Å². The summed E-state index contributed by atoms with van der Waals surface area (Å²) in [5.41, 5.74) is -0.536. The van der Waals surface area contributed by atoms with Gasteiger partial charge < -0.3 is 4.90 Å². The molecule has 0 aliphatic carbocycles. The van der Waals surface area contributed by atoms with Crippen molar-refractivity contribution in [2.75, 3.05) is 11.5 Å². The van der Waals surface area contributed by atoms with Crippen LogP contribution >= 0.6 is 0 Å². The molecular formula is C11H20N2O3S. The monoisotopic (exact) mass is 260 g/mol. The molecule has 3 unspecified atom stereocenters. The number of hydrogen-bond donors (Lipinski definition) is 1. The molecule has 1 N–H and O–H groups in total. The minimum Gasteiger partial charge on any atom is -0.322 e. The Hall–Kier alpha value is -0.620. The predicted molar refractivity (Wildman–Crippen MR) is 65.2 cm³/mol. The van der Waals surface area contributed by atoms with Gasteiger partial charge in [0, 0.05) is 6.04 Å². The van der Waals surface area contributed by atoms with Crippen LogP contribution in [0.25, 0.3) is 0 Å². The quantitative estimate of drug-likeness (QED) is 0.766. The molecule has 0 radical (unpaired) electrons. The van der Waals surface area contributed by atoms with Crippen LogP contribution in [0.5, 0.6) is 0 Å². The minimum atomic E-state index is -2.95. The second-order valence-corrected chi connectivity index (χ2v) is 7.50. The van der Waals surface area contributed by atoms with E-state index in [1.54, 1.807) is 4.90 Å². The third kappa shape index (κ3) is 2.08. The van der Waals surface area contributed by atoms with Crippen molar-refractivity contribution in [3.05, 3.63) is 0 Å². The van der Waals surface area contributed by atoms with Crippen LogP contribution in [-0.2, 0) is 14.6 Å². The van der Waals surface area contributed by atoms with Gasteiger partial charge in [-0.15, -0.1) is 0 Å². The highest BCUT2D eigenvalue weighted by molar-refractivity contribution is 7.91. The summed E-state index contributed by atoms with van der Waals surface area (Å²) in [4.78, 5) is 14.1. The van der Waals surface area contributed by atoms with Gasteiger partial charge in [0.2, 0.25) is 5.91 Å². The molecule has 17 heavy (non-hydrogen) atoms. The van der Waals surface area contributed by atoms with E-state index in [-0.39, 0.29) is 29.6 Å². The number of nitrogens with one attached hydrogen (secondary N) is 1. The number of carbonyl (C=O) groups excluding carboxylic acids is 1. The Morgan fingerprint density at radius 2 is 2.18 bits per heavy atom. The van der Waals surface area contributed by atoms with Gasteiger partial charge in [0.05, 0.1) is 23.2 Å². The first-order valence-corrected chi connectivity index (χ1v) is 7.92. The Morgan fingerprint density at radius 1 is 1.53 bits per heavy atom. The fourth-order valence-corrected chi connectivity index (χ4v) is 4.49. The molecule has 0 aromatic carbocycles. The first-order chi connectivity index (χ1) is 7.79. The van der Waals surface area contributed by atoms with Gasteiger partial charge in [-0.2, -0.15) is 0 Å². The molecule has 1 amide bonds. The summed E-state index contributed by atoms with van der Waals surface area (Å²) in [6.07, 6.45) is 1.21. The topological polar surface area (TPSA) is 66.5 Å². The lowest BCUT2D eigenvalue weighted by Crippen LogP contribution is -2.45. The second-order valence-electron chi connectivity index (χ2n) is 5.28. The summed E-state index contributed by atoms with van der Waals surface area (Å²) in [6, 6.07) is -0.150. The molecule has 0 spiro atoms. The number of sulfone groups is 1. The fourth-order valence-electron chi connectivity index (χ4n) is 2.78. The third-order valence-electron chi connectivity index (χ3n) is 3.96. The van der Waals surface area contributed by atoms with Crippen LogP contribution in [0.2, 0.25) is 0 Å². The number of hydrogen-bond acceptors (Lipinski definition) is 4. The summed E-state index contributed by atoms with van der Waals surface area (Å²) < 4.78 is 23.0. The van der Waals surface area contributed by atoms with Crippen LogP contribution in [0.4, 0.5) is 0 Å². The van der Waals surface area contributed by atoms with Gasteiger partial charge >= 0.3 is 0 Å². The summed E-state index contributed by atoms with van der Waals surface area (Å²) in [6.45, 7) is 5.77. The fraction of sp³-hybridized carbons (Fsp3) is 0.909. The molecule has 2 aliphatic heterocycles. The van der Waals surface area contributed by atoms with Gasteiger partial charge in [0.1, 0.15) is 0 Å². The lowest BCUT2D eigenvalue weighted by molar-refractivity contribution is -0.134. The molecule has 3 atom stereocenters. The maximum atomic E-state index is 12.3. The zero-order chi connectivity index (χ0) is 12.8. The maximum absolute atomic E-state index is 12.3. The van der Waals surface area contributed by atoms with E-state index in [4.69, 9.17) is 0 Å². The van der Waals surface area contributed by atoms with Crippen molar-refractivity contribution < 1.29 is 13.2 Å². The molecule has 0 aromatic heterocycles. The lowest BCUT2D eigenvalue weighted by Gasteiger charge is -2.27. The van der Waals surface area contributed by atoms with Gasteiger partial charge in [0.15, 0.2) is 9.84 Å². The molecule has 5 nitrogen and oxygen atoms in total. The second kappa shape index (κ2) is 3.95. The summed E-state index contributed by atoms with van der Waals surface area (Å²) in [5, 5.41) is 3.27. The third-order valence-corrected chi connectivity index (χ3v) is 5.71. The van der Waals surface area contributed by atoms with Gasteiger partial charge in [-0.1, -0.05) is 6.92 Å². The van der Waals surface area contributed by atoms with Crippen LogP contribution in [-0.4, -0.2) is 48.5 Å². The van der Waals surface area contributed by atoms with E-state index in [9.17, 15) is 13.2 Å². The molecule has 2 aliphatic rings. The van der Waals surface area contributed by atoms with Gasteiger partial charge in [-0.25, -0.2) is 8.42 Å². The number of nitrogens with zero attached hydrogens (tertiary/aromatic N) is 1. The zero-order valence-corrected chi connectivity index (χ0v) is 11.4. The molecule has 2 rings (SSSR count). The molecule has 2 heterocycles. The minimum absolute atomic E-state index is 0.0367. The Bertz CT molecular complexity index is 434. The Labute approximate surface area is 102 Å². The highest BCUT2D eigenvalue weighted by atomic mass is 32.2. The molecule has 2 saturated heterocycles. The average Bonchev–Trinajstić information content (AvgIpc) is 2.67. The van der Waals surface area contributed by atoms with E-state index >= 15 is 0 Å². The average molecular weight is 260 g/mol. The van der Waals surface area contributed by atoms with E-state index in [1.807, 2.05) is 20.8 Å². The molecule has 0 saturated carbocycles. The van der Waals surface area contributed by atoms with Gasteiger partial charge in [-0.05, 0) is 26.7 Å². The molecule has 6 heteroatoms. The Kier molecular flexibility index (Phi) is 2.98. The highest BCUT2D eigenvalue weighted by Crippen LogP contribution is 2.29. The Morgan fingerprint density at radius 3 is 2.59 bits per heavy atom. The van der Waals surface area contributed by atoms with Crippen LogP contribution in [0.15, 0.2) is 0 Å². The lowest BCUT2D eigenvalue weighted by atomic mass is 9.99. The van der Waals surface area contributed by atoms with Gasteiger partial charge in [0.25, 0.3) is 0 Å². The number of amides is 1. The predicted octanol–water partition coefficient (Wildman–Crippen LogP) is 0.120. The Balaban J connectivity index is 2.21. The molecule has 0 aromatic rings. The van der Waals surface area contributed by atoms with Crippen molar-refractivity contribution in [1.82, 2.24) is 10.2 Å². The van der Waals surface area contributed by atoms with Crippen LogP contribution < -0.4 is 5.32 Å². The zero-order valence-electron chi connectivity index (χ0n) is 10.6. The van der Waals surface area contributed by atoms with Crippen molar-refractivity contribution in [3.63, 3.8) is 0 Å². The number of carbonyl (C=O) groups is 1. The summed E-state index contributed by atoms with van der Waals surface area (Å²) in [7, 11) is -2.95. The largest absolute Gasteiger partial charge is 0.322 e. The SMILES string of the molecule is CCC1(C)NC(C)N(C2CCS(=O)(=O)C2)C1=O. The number of rotatable bonds is 2. The van der Waals surface area contributed by atoms with Crippen LogP contribution in [0.3, 0.4) is 0 Å². The first-order valence-electron chi connectivity index (χ1n) is 6.10. The smallest absolute Gasteiger partial charge is 0.244 e. The molecular weight excluding hydrogens is 240 g/mol. The van der Waals surface area contributed by atoms with Crippen molar-refractivity contribution in [2.45, 2.75) is 51.4 Å². The van der Waals surface area contributed by atoms with Crippen LogP contribution in [0, 0.1) is 0 Å².